The molecule has 0 unspecified atom stereocenters. The second-order valence-corrected chi connectivity index (χ2v) is 8.31. The molecule has 1 fully saturated rings. The van der Waals surface area contributed by atoms with Crippen molar-refractivity contribution in [1.82, 2.24) is 0 Å². The molecule has 0 bridgehead atoms. The highest BCUT2D eigenvalue weighted by Gasteiger charge is 2.32. The lowest BCUT2D eigenvalue weighted by Gasteiger charge is -2.30. The van der Waals surface area contributed by atoms with Crippen molar-refractivity contribution in [2.75, 3.05) is 18.0 Å². The Balaban J connectivity index is 1.56. The molecule has 1 saturated carbocycles. The largest absolute Gasteiger partial charge is 0.330 e. The van der Waals surface area contributed by atoms with E-state index in [2.05, 4.69) is 30.0 Å². The molecule has 0 aromatic heterocycles. The third kappa shape index (κ3) is 4.68. The van der Waals surface area contributed by atoms with Crippen molar-refractivity contribution < 1.29 is 4.79 Å². The smallest absolute Gasteiger partial charge is 0.230 e. The van der Waals surface area contributed by atoms with Crippen LogP contribution in [0.5, 0.6) is 0 Å². The average molecular weight is 357 g/mol. The van der Waals surface area contributed by atoms with E-state index in [9.17, 15) is 4.79 Å². The molecule has 2 N–H and O–H groups in total. The molecule has 1 aromatic carbocycles. The first-order chi connectivity index (χ1) is 12.7. The topological polar surface area (TPSA) is 46.3 Å². The maximum atomic E-state index is 13.1. The quantitative estimate of drug-likeness (QED) is 0.677. The Kier molecular flexibility index (Phi) is 7.13. The van der Waals surface area contributed by atoms with Crippen LogP contribution >= 0.6 is 0 Å². The number of nitrogens with two attached hydrogens (primary N) is 1. The van der Waals surface area contributed by atoms with Crippen molar-refractivity contribution in [3.63, 3.8) is 0 Å². The second kappa shape index (κ2) is 9.55. The van der Waals surface area contributed by atoms with Gasteiger partial charge in [-0.2, -0.15) is 0 Å². The number of benzene rings is 1. The summed E-state index contributed by atoms with van der Waals surface area (Å²) in [7, 11) is 0. The molecule has 1 amide bonds. The number of carbonyl (C=O) groups excluding carboxylic acids is 1. The predicted octanol–water partition coefficient (Wildman–Crippen LogP) is 4.85. The van der Waals surface area contributed by atoms with Crippen molar-refractivity contribution in [1.29, 1.82) is 0 Å². The van der Waals surface area contributed by atoms with Gasteiger partial charge >= 0.3 is 0 Å². The third-order valence-electron chi connectivity index (χ3n) is 6.39. The summed E-state index contributed by atoms with van der Waals surface area (Å²) in [6.07, 6.45) is 13.0. The summed E-state index contributed by atoms with van der Waals surface area (Å²) in [4.78, 5) is 15.2. The molecule has 0 saturated heterocycles. The molecule has 0 radical (unpaired) electrons. The molecule has 144 valence electrons. The number of fused-ring (bicyclic) bond motifs is 1. The van der Waals surface area contributed by atoms with Crippen LogP contribution in [0, 0.1) is 11.8 Å². The van der Waals surface area contributed by atoms with Crippen LogP contribution in [0.25, 0.3) is 0 Å². The number of anilines is 1. The molecule has 2 aliphatic rings. The molecule has 1 aromatic rings. The third-order valence-corrected chi connectivity index (χ3v) is 6.39. The van der Waals surface area contributed by atoms with Crippen LogP contribution in [-0.4, -0.2) is 19.0 Å². The maximum Gasteiger partial charge on any atom is 0.230 e. The molecule has 1 heterocycles. The zero-order valence-electron chi connectivity index (χ0n) is 16.5. The monoisotopic (exact) mass is 356 g/mol. The Hall–Kier alpha value is -1.35. The summed E-state index contributed by atoms with van der Waals surface area (Å²) in [5.41, 5.74) is 9.52. The standard InChI is InChI=1S/C23H36N2O/c1-2-3-6-18-8-11-20(12-9-18)23(26)25-16-14-21-17-19(7-4-5-15-24)10-13-22(21)25/h10,13,17-18,20H,2-9,11-12,14-16,24H2,1H3. The molecule has 0 atom stereocenters. The lowest BCUT2D eigenvalue weighted by molar-refractivity contribution is -0.123. The van der Waals surface area contributed by atoms with E-state index >= 15 is 0 Å². The maximum absolute atomic E-state index is 13.1. The van der Waals surface area contributed by atoms with Crippen LogP contribution in [0.2, 0.25) is 0 Å². The van der Waals surface area contributed by atoms with Crippen molar-refractivity contribution >= 4 is 11.6 Å². The number of nitrogens with zero attached hydrogens (tertiary/aromatic N) is 1. The fraction of sp³-hybridized carbons (Fsp3) is 0.696. The summed E-state index contributed by atoms with van der Waals surface area (Å²) < 4.78 is 0. The van der Waals surface area contributed by atoms with E-state index in [0.717, 1.165) is 57.5 Å². The van der Waals surface area contributed by atoms with Gasteiger partial charge in [-0.1, -0.05) is 38.3 Å². The predicted molar refractivity (Wildman–Crippen MR) is 109 cm³/mol. The van der Waals surface area contributed by atoms with Gasteiger partial charge in [-0.15, -0.1) is 0 Å². The van der Waals surface area contributed by atoms with Crippen LogP contribution in [0.1, 0.15) is 75.8 Å². The van der Waals surface area contributed by atoms with Gasteiger partial charge in [0.1, 0.15) is 0 Å². The number of rotatable bonds is 8. The average Bonchev–Trinajstić information content (AvgIpc) is 3.09. The Morgan fingerprint density at radius 3 is 2.69 bits per heavy atom. The number of amides is 1. The number of hydrogen-bond acceptors (Lipinski definition) is 2. The van der Waals surface area contributed by atoms with Gasteiger partial charge in [0.2, 0.25) is 5.91 Å². The Morgan fingerprint density at radius 1 is 1.15 bits per heavy atom. The van der Waals surface area contributed by atoms with Gasteiger partial charge in [0, 0.05) is 18.2 Å². The van der Waals surface area contributed by atoms with Crippen LogP contribution in [0.4, 0.5) is 5.69 Å². The molecular formula is C23H36N2O. The summed E-state index contributed by atoms with van der Waals surface area (Å²) in [5, 5.41) is 0. The summed E-state index contributed by atoms with van der Waals surface area (Å²) in [5.74, 6) is 1.50. The highest BCUT2D eigenvalue weighted by molar-refractivity contribution is 5.97. The van der Waals surface area contributed by atoms with Gasteiger partial charge in [-0.25, -0.2) is 0 Å². The first-order valence-corrected chi connectivity index (χ1v) is 10.9. The minimum Gasteiger partial charge on any atom is -0.330 e. The molecule has 1 aliphatic heterocycles. The summed E-state index contributed by atoms with van der Waals surface area (Å²) in [6, 6.07) is 6.72. The van der Waals surface area contributed by atoms with Crippen molar-refractivity contribution in [2.24, 2.45) is 17.6 Å². The zero-order chi connectivity index (χ0) is 18.4. The lowest BCUT2D eigenvalue weighted by atomic mass is 9.79. The van der Waals surface area contributed by atoms with Crippen LogP contribution in [-0.2, 0) is 17.6 Å². The van der Waals surface area contributed by atoms with E-state index in [-0.39, 0.29) is 5.92 Å². The fourth-order valence-electron chi connectivity index (χ4n) is 4.72. The minimum atomic E-state index is 0.253. The van der Waals surface area contributed by atoms with Crippen molar-refractivity contribution in [3.05, 3.63) is 29.3 Å². The summed E-state index contributed by atoms with van der Waals surface area (Å²) in [6.45, 7) is 3.91. The first-order valence-electron chi connectivity index (χ1n) is 10.9. The van der Waals surface area contributed by atoms with Gasteiger partial charge in [-0.05, 0) is 81.0 Å². The van der Waals surface area contributed by atoms with E-state index in [4.69, 9.17) is 5.73 Å². The fourth-order valence-corrected chi connectivity index (χ4v) is 4.72. The Labute approximate surface area is 159 Å². The second-order valence-electron chi connectivity index (χ2n) is 8.31. The highest BCUT2D eigenvalue weighted by atomic mass is 16.2. The van der Waals surface area contributed by atoms with Crippen LogP contribution in [0.3, 0.4) is 0 Å². The van der Waals surface area contributed by atoms with Crippen molar-refractivity contribution in [3.8, 4) is 0 Å². The normalized spacial score (nSPS) is 22.5. The molecular weight excluding hydrogens is 320 g/mol. The first kappa shape index (κ1) is 19.4. The summed E-state index contributed by atoms with van der Waals surface area (Å²) >= 11 is 0. The van der Waals surface area contributed by atoms with E-state index in [0.29, 0.717) is 5.91 Å². The number of unbranched alkanes of at least 4 members (excludes halogenated alkanes) is 2. The van der Waals surface area contributed by atoms with Gasteiger partial charge in [0.05, 0.1) is 0 Å². The molecule has 0 spiro atoms. The molecule has 3 rings (SSSR count). The Morgan fingerprint density at radius 2 is 1.96 bits per heavy atom. The van der Waals surface area contributed by atoms with Gasteiger partial charge in [0.15, 0.2) is 0 Å². The van der Waals surface area contributed by atoms with E-state index in [1.165, 1.54) is 48.9 Å². The van der Waals surface area contributed by atoms with Crippen LogP contribution in [0.15, 0.2) is 18.2 Å². The number of aryl methyl sites for hydroxylation is 1. The molecule has 3 heteroatoms. The molecule has 3 nitrogen and oxygen atoms in total. The highest BCUT2D eigenvalue weighted by Crippen LogP contribution is 2.36. The van der Waals surface area contributed by atoms with Crippen LogP contribution < -0.4 is 10.6 Å². The van der Waals surface area contributed by atoms with Gasteiger partial charge in [-0.3, -0.25) is 4.79 Å². The van der Waals surface area contributed by atoms with E-state index < -0.39 is 0 Å². The lowest BCUT2D eigenvalue weighted by Crippen LogP contribution is -2.36. The van der Waals surface area contributed by atoms with Crippen molar-refractivity contribution in [2.45, 2.75) is 77.6 Å². The SMILES string of the molecule is CCCCC1CCC(C(=O)N2CCc3cc(CCCCN)ccc32)CC1. The van der Waals surface area contributed by atoms with Gasteiger partial charge in [0.25, 0.3) is 0 Å². The zero-order valence-corrected chi connectivity index (χ0v) is 16.5. The molecule has 1 aliphatic carbocycles. The number of carbonyl (C=O) groups is 1. The Bertz CT molecular complexity index is 590. The molecule has 26 heavy (non-hydrogen) atoms. The van der Waals surface area contributed by atoms with E-state index in [1.54, 1.807) is 0 Å². The van der Waals surface area contributed by atoms with Gasteiger partial charge < -0.3 is 10.6 Å². The number of hydrogen-bond donors (Lipinski definition) is 1. The van der Waals surface area contributed by atoms with E-state index in [1.807, 2.05) is 0 Å². The minimum absolute atomic E-state index is 0.253.